The van der Waals surface area contributed by atoms with Crippen molar-refractivity contribution in [3.8, 4) is 0 Å². The molecule has 1 saturated carbocycles. The van der Waals surface area contributed by atoms with Crippen molar-refractivity contribution in [2.45, 2.75) is 56.8 Å². The molecule has 164 valence electrons. The van der Waals surface area contributed by atoms with Crippen LogP contribution in [0.2, 0.25) is 0 Å². The van der Waals surface area contributed by atoms with Gasteiger partial charge in [-0.1, -0.05) is 6.58 Å². The number of carbonyl (C=O) groups excluding carboxylic acids is 3. The van der Waals surface area contributed by atoms with Gasteiger partial charge >= 0.3 is 5.97 Å². The molecule has 0 aromatic rings. The van der Waals surface area contributed by atoms with Gasteiger partial charge in [0.15, 0.2) is 6.10 Å². The van der Waals surface area contributed by atoms with E-state index in [0.29, 0.717) is 36.9 Å². The predicted octanol–water partition coefficient (Wildman–Crippen LogP) is 2.11. The maximum atomic E-state index is 12.6. The Balaban J connectivity index is 1.69. The Bertz CT molecular complexity index is 606. The van der Waals surface area contributed by atoms with Crippen LogP contribution in [-0.2, 0) is 23.9 Å². The summed E-state index contributed by atoms with van der Waals surface area (Å²) in [5.41, 5.74) is 2.78. The molecule has 2 aliphatic rings. The van der Waals surface area contributed by atoms with Gasteiger partial charge in [0, 0.05) is 31.2 Å². The van der Waals surface area contributed by atoms with Crippen molar-refractivity contribution in [2.24, 2.45) is 11.8 Å². The Morgan fingerprint density at radius 1 is 1.34 bits per heavy atom. The third kappa shape index (κ3) is 6.72. The van der Waals surface area contributed by atoms with Crippen molar-refractivity contribution in [3.05, 3.63) is 12.3 Å². The zero-order valence-corrected chi connectivity index (χ0v) is 18.0. The quantitative estimate of drug-likeness (QED) is 0.223. The number of hydrogen-bond acceptors (Lipinski definition) is 8. The number of allylic oxidation sites excluding steroid dienone is 1. The van der Waals surface area contributed by atoms with Crippen molar-refractivity contribution < 1.29 is 29.1 Å². The lowest BCUT2D eigenvalue weighted by Crippen LogP contribution is -2.37. The number of esters is 1. The number of ether oxygens (including phenoxy) is 2. The molecule has 1 aliphatic heterocycles. The van der Waals surface area contributed by atoms with E-state index in [1.54, 1.807) is 6.92 Å². The number of imide groups is 1. The highest BCUT2D eigenvalue weighted by molar-refractivity contribution is 8.00. The van der Waals surface area contributed by atoms with Crippen LogP contribution in [0.15, 0.2) is 12.3 Å². The summed E-state index contributed by atoms with van der Waals surface area (Å²) in [6.07, 6.45) is 3.97. The first-order chi connectivity index (χ1) is 13.9. The minimum Gasteiger partial charge on any atom is -0.467 e. The molecule has 9 heteroatoms. The molecule has 2 fully saturated rings. The fraction of sp³-hybridized carbons (Fsp3) is 0.750. The highest BCUT2D eigenvalue weighted by Gasteiger charge is 2.40. The Labute approximate surface area is 176 Å². The number of hydrogen-bond donors (Lipinski definition) is 2. The van der Waals surface area contributed by atoms with Crippen molar-refractivity contribution >= 4 is 29.5 Å². The SMILES string of the molecule is C=C(NO)[C@H]1CC[C@H](CN2C(=O)CC(SCCCO[C@@H](C)C(=O)OC)C2=O)CC1. The highest BCUT2D eigenvalue weighted by Crippen LogP contribution is 2.34. The zero-order chi connectivity index (χ0) is 21.4. The van der Waals surface area contributed by atoms with E-state index in [0.717, 1.165) is 25.7 Å². The highest BCUT2D eigenvalue weighted by atomic mass is 32.2. The van der Waals surface area contributed by atoms with Crippen molar-refractivity contribution in [3.63, 3.8) is 0 Å². The summed E-state index contributed by atoms with van der Waals surface area (Å²) < 4.78 is 9.98. The van der Waals surface area contributed by atoms with Crippen LogP contribution in [-0.4, -0.2) is 65.3 Å². The molecule has 0 bridgehead atoms. The summed E-state index contributed by atoms with van der Waals surface area (Å²) in [6.45, 7) is 6.34. The molecule has 8 nitrogen and oxygen atoms in total. The van der Waals surface area contributed by atoms with Crippen LogP contribution in [0.5, 0.6) is 0 Å². The minimum atomic E-state index is -0.601. The van der Waals surface area contributed by atoms with Gasteiger partial charge in [0.25, 0.3) is 0 Å². The van der Waals surface area contributed by atoms with E-state index in [4.69, 9.17) is 9.94 Å². The van der Waals surface area contributed by atoms with E-state index in [2.05, 4.69) is 16.8 Å². The second-order valence-electron chi connectivity index (χ2n) is 7.65. The third-order valence-corrected chi connectivity index (χ3v) is 6.93. The van der Waals surface area contributed by atoms with E-state index in [1.807, 2.05) is 0 Å². The van der Waals surface area contributed by atoms with E-state index < -0.39 is 12.1 Å². The lowest BCUT2D eigenvalue weighted by atomic mass is 9.80. The summed E-state index contributed by atoms with van der Waals surface area (Å²) in [6, 6.07) is 0. The number of methoxy groups -OCH3 is 1. The van der Waals surface area contributed by atoms with Crippen LogP contribution in [0.4, 0.5) is 0 Å². The first-order valence-corrected chi connectivity index (χ1v) is 11.2. The smallest absolute Gasteiger partial charge is 0.334 e. The second kappa shape index (κ2) is 11.6. The minimum absolute atomic E-state index is 0.0904. The molecular formula is C20H32N2O6S. The van der Waals surface area contributed by atoms with Crippen LogP contribution in [0.3, 0.4) is 0 Å². The van der Waals surface area contributed by atoms with Crippen LogP contribution in [0.25, 0.3) is 0 Å². The van der Waals surface area contributed by atoms with Gasteiger partial charge in [-0.05, 0) is 50.7 Å². The molecule has 0 spiro atoms. The van der Waals surface area contributed by atoms with Crippen molar-refractivity contribution in [1.29, 1.82) is 0 Å². The largest absolute Gasteiger partial charge is 0.467 e. The lowest BCUT2D eigenvalue weighted by Gasteiger charge is -2.31. The van der Waals surface area contributed by atoms with Crippen LogP contribution in [0.1, 0.15) is 45.4 Å². The molecule has 1 unspecified atom stereocenters. The van der Waals surface area contributed by atoms with Crippen molar-refractivity contribution in [1.82, 2.24) is 10.4 Å². The van der Waals surface area contributed by atoms with Crippen LogP contribution in [0, 0.1) is 11.8 Å². The summed E-state index contributed by atoms with van der Waals surface area (Å²) in [7, 11) is 1.32. The second-order valence-corrected chi connectivity index (χ2v) is 8.96. The first kappa shape index (κ1) is 23.7. The molecule has 0 radical (unpaired) electrons. The van der Waals surface area contributed by atoms with Gasteiger partial charge in [-0.15, -0.1) is 11.8 Å². The molecule has 2 atom stereocenters. The summed E-state index contributed by atoms with van der Waals surface area (Å²) >= 11 is 1.48. The molecule has 2 N–H and O–H groups in total. The van der Waals surface area contributed by atoms with E-state index in [1.165, 1.54) is 23.8 Å². The molecule has 2 rings (SSSR count). The number of nitrogens with one attached hydrogen (secondary N) is 1. The Hall–Kier alpha value is -1.58. The van der Waals surface area contributed by atoms with E-state index in [-0.39, 0.29) is 29.4 Å². The molecular weight excluding hydrogens is 396 g/mol. The summed E-state index contributed by atoms with van der Waals surface area (Å²) in [4.78, 5) is 37.7. The zero-order valence-electron chi connectivity index (χ0n) is 17.2. The average Bonchev–Trinajstić information content (AvgIpc) is 3.00. The van der Waals surface area contributed by atoms with Crippen LogP contribution >= 0.6 is 11.8 Å². The molecule has 1 saturated heterocycles. The van der Waals surface area contributed by atoms with Crippen LogP contribution < -0.4 is 5.48 Å². The van der Waals surface area contributed by atoms with E-state index in [9.17, 15) is 14.4 Å². The van der Waals surface area contributed by atoms with Gasteiger partial charge in [-0.3, -0.25) is 25.2 Å². The summed E-state index contributed by atoms with van der Waals surface area (Å²) in [5, 5.41) is 8.65. The number of hydroxylamine groups is 1. The maximum absolute atomic E-state index is 12.6. The average molecular weight is 429 g/mol. The molecule has 1 aliphatic carbocycles. The number of rotatable bonds is 11. The topological polar surface area (TPSA) is 105 Å². The van der Waals surface area contributed by atoms with Gasteiger partial charge in [-0.2, -0.15) is 0 Å². The molecule has 29 heavy (non-hydrogen) atoms. The number of carbonyl (C=O) groups is 3. The predicted molar refractivity (Wildman–Crippen MR) is 109 cm³/mol. The number of amides is 2. The Kier molecular flexibility index (Phi) is 9.45. The van der Waals surface area contributed by atoms with Gasteiger partial charge in [-0.25, -0.2) is 4.79 Å². The normalized spacial score (nSPS) is 25.8. The molecule has 0 aromatic heterocycles. The molecule has 0 aromatic carbocycles. The lowest BCUT2D eigenvalue weighted by molar-refractivity contribution is -0.152. The Morgan fingerprint density at radius 3 is 2.66 bits per heavy atom. The standard InChI is InChI=1S/C20H32N2O6S/c1-13(21-26)16-7-5-15(6-8-16)12-22-18(23)11-17(19(22)24)29-10-4-9-28-14(2)20(25)27-3/h14-17,21,26H,1,4-12H2,2-3H3/t14-,15-,16-,17?/m0/s1. The van der Waals surface area contributed by atoms with Gasteiger partial charge in [0.1, 0.15) is 0 Å². The number of nitrogens with zero attached hydrogens (tertiary/aromatic N) is 1. The van der Waals surface area contributed by atoms with Gasteiger partial charge < -0.3 is 9.47 Å². The first-order valence-electron chi connectivity index (χ1n) is 10.1. The molecule has 2 amide bonds. The monoisotopic (exact) mass is 428 g/mol. The maximum Gasteiger partial charge on any atom is 0.334 e. The number of thioether (sulfide) groups is 1. The van der Waals surface area contributed by atoms with Gasteiger partial charge in [0.2, 0.25) is 11.8 Å². The number of likely N-dealkylation sites (tertiary alicyclic amines) is 1. The third-order valence-electron chi connectivity index (χ3n) is 5.64. The van der Waals surface area contributed by atoms with Crippen molar-refractivity contribution in [2.75, 3.05) is 26.0 Å². The molecule has 1 heterocycles. The Morgan fingerprint density at radius 2 is 2.03 bits per heavy atom. The summed E-state index contributed by atoms with van der Waals surface area (Å²) in [5.74, 6) is 0.651. The van der Waals surface area contributed by atoms with E-state index >= 15 is 0 Å². The fourth-order valence-corrected chi connectivity index (χ4v) is 4.90. The van der Waals surface area contributed by atoms with Gasteiger partial charge in [0.05, 0.1) is 12.4 Å². The fourth-order valence-electron chi connectivity index (χ4n) is 3.80.